The zero-order valence-electron chi connectivity index (χ0n) is 20.0. The molecule has 1 aliphatic carbocycles. The Morgan fingerprint density at radius 2 is 1.70 bits per heavy atom. The van der Waals surface area contributed by atoms with E-state index in [1.54, 1.807) is 20.8 Å². The first-order valence-electron chi connectivity index (χ1n) is 11.2. The van der Waals surface area contributed by atoms with E-state index in [2.05, 4.69) is 5.32 Å². The van der Waals surface area contributed by atoms with Crippen molar-refractivity contribution in [2.24, 2.45) is 11.3 Å². The molecule has 3 atom stereocenters. The van der Waals surface area contributed by atoms with Gasteiger partial charge in [0.05, 0.1) is 21.3 Å². The monoisotopic (exact) mass is 549 g/mol. The summed E-state index contributed by atoms with van der Waals surface area (Å²) in [6, 6.07) is 2.75. The Balaban J connectivity index is 1.92. The SMILES string of the molecule is CCC(C)(C)[C@H](NC(=O)C1=C(OCc2ccc(C(F)(F)F)cc2)C2SC(C(F)(F)F)=CC2C=C1)C(=O)O. The average Bonchev–Trinajstić information content (AvgIpc) is 3.25. The first kappa shape index (κ1) is 28.7. The molecule has 12 heteroatoms. The minimum absolute atomic E-state index is 0.108. The van der Waals surface area contributed by atoms with Gasteiger partial charge in [-0.25, -0.2) is 4.79 Å². The van der Waals surface area contributed by atoms with Crippen LogP contribution < -0.4 is 5.32 Å². The highest BCUT2D eigenvalue weighted by Crippen LogP contribution is 2.50. The van der Waals surface area contributed by atoms with Gasteiger partial charge in [-0.15, -0.1) is 11.8 Å². The predicted molar refractivity (Wildman–Crippen MR) is 125 cm³/mol. The van der Waals surface area contributed by atoms with Crippen LogP contribution in [0, 0.1) is 11.3 Å². The number of hydrogen-bond acceptors (Lipinski definition) is 4. The third kappa shape index (κ3) is 6.52. The predicted octanol–water partition coefficient (Wildman–Crippen LogP) is 6.23. The molecule has 0 spiro atoms. The van der Waals surface area contributed by atoms with Gasteiger partial charge in [-0.05, 0) is 35.6 Å². The van der Waals surface area contributed by atoms with E-state index in [0.29, 0.717) is 23.7 Å². The van der Waals surface area contributed by atoms with Crippen molar-refractivity contribution in [2.75, 3.05) is 0 Å². The van der Waals surface area contributed by atoms with Crippen molar-refractivity contribution in [1.82, 2.24) is 5.32 Å². The number of nitrogens with one attached hydrogen (secondary N) is 1. The Bertz CT molecular complexity index is 1140. The van der Waals surface area contributed by atoms with Gasteiger partial charge in [-0.3, -0.25) is 4.79 Å². The van der Waals surface area contributed by atoms with Gasteiger partial charge in [0.2, 0.25) is 0 Å². The van der Waals surface area contributed by atoms with Crippen molar-refractivity contribution in [1.29, 1.82) is 0 Å². The van der Waals surface area contributed by atoms with E-state index in [4.69, 9.17) is 4.74 Å². The summed E-state index contributed by atoms with van der Waals surface area (Å²) in [5, 5.41) is 11.2. The number of carbonyl (C=O) groups is 2. The van der Waals surface area contributed by atoms with Gasteiger partial charge in [0, 0.05) is 5.92 Å². The topological polar surface area (TPSA) is 75.6 Å². The van der Waals surface area contributed by atoms with E-state index in [-0.39, 0.29) is 17.9 Å². The van der Waals surface area contributed by atoms with Crippen molar-refractivity contribution in [3.05, 3.63) is 69.9 Å². The zero-order valence-corrected chi connectivity index (χ0v) is 20.9. The number of carbonyl (C=O) groups excluding carboxylic acids is 1. The third-order valence-corrected chi connectivity index (χ3v) is 7.77. The fraction of sp³-hybridized carbons (Fsp3) is 0.440. The molecule has 1 amide bonds. The molecule has 2 aliphatic rings. The number of halogens is 6. The quantitative estimate of drug-likeness (QED) is 0.376. The van der Waals surface area contributed by atoms with Crippen molar-refractivity contribution in [3.63, 3.8) is 0 Å². The van der Waals surface area contributed by atoms with E-state index in [1.807, 2.05) is 0 Å². The van der Waals surface area contributed by atoms with Gasteiger partial charge in [-0.2, -0.15) is 26.3 Å². The minimum Gasteiger partial charge on any atom is -0.491 e. The second kappa shape index (κ2) is 10.5. The summed E-state index contributed by atoms with van der Waals surface area (Å²) in [5.74, 6) is -2.97. The van der Waals surface area contributed by atoms with Crippen molar-refractivity contribution >= 4 is 23.6 Å². The number of ether oxygens (including phenoxy) is 1. The molecule has 2 N–H and O–H groups in total. The minimum atomic E-state index is -4.61. The first-order chi connectivity index (χ1) is 17.0. The number of rotatable bonds is 8. The number of thioether (sulfide) groups is 1. The average molecular weight is 550 g/mol. The van der Waals surface area contributed by atoms with Gasteiger partial charge >= 0.3 is 18.3 Å². The molecule has 1 aromatic rings. The molecule has 2 unspecified atom stereocenters. The van der Waals surface area contributed by atoms with Crippen LogP contribution in [0.3, 0.4) is 0 Å². The largest absolute Gasteiger partial charge is 0.491 e. The molecule has 37 heavy (non-hydrogen) atoms. The molecule has 5 nitrogen and oxygen atoms in total. The van der Waals surface area contributed by atoms with E-state index < -0.39 is 57.3 Å². The fourth-order valence-electron chi connectivity index (χ4n) is 3.81. The molecule has 0 saturated carbocycles. The lowest BCUT2D eigenvalue weighted by atomic mass is 9.81. The second-order valence-electron chi connectivity index (χ2n) is 9.35. The van der Waals surface area contributed by atoms with Gasteiger partial charge in [-0.1, -0.05) is 45.1 Å². The summed E-state index contributed by atoms with van der Waals surface area (Å²) in [6.07, 6.45) is -5.03. The number of carboxylic acid groups (broad SMARTS) is 1. The number of allylic oxidation sites excluding steroid dienone is 3. The lowest BCUT2D eigenvalue weighted by molar-refractivity contribution is -0.144. The van der Waals surface area contributed by atoms with Crippen molar-refractivity contribution < 1.29 is 45.8 Å². The van der Waals surface area contributed by atoms with Crippen molar-refractivity contribution in [2.45, 2.75) is 57.4 Å². The number of fused-ring (bicyclic) bond motifs is 1. The van der Waals surface area contributed by atoms with E-state index >= 15 is 0 Å². The summed E-state index contributed by atoms with van der Waals surface area (Å²) in [6.45, 7) is 4.75. The Morgan fingerprint density at radius 1 is 1.08 bits per heavy atom. The second-order valence-corrected chi connectivity index (χ2v) is 10.5. The fourth-order valence-corrected chi connectivity index (χ4v) is 5.08. The van der Waals surface area contributed by atoms with E-state index in [1.165, 1.54) is 24.3 Å². The van der Waals surface area contributed by atoms with Gasteiger partial charge < -0.3 is 15.2 Å². The summed E-state index contributed by atoms with van der Waals surface area (Å²) < 4.78 is 84.5. The van der Waals surface area contributed by atoms with Crippen LogP contribution in [0.4, 0.5) is 26.3 Å². The van der Waals surface area contributed by atoms with Crippen LogP contribution in [0.2, 0.25) is 0 Å². The van der Waals surface area contributed by atoms with Crippen LogP contribution >= 0.6 is 11.8 Å². The summed E-state index contributed by atoms with van der Waals surface area (Å²) >= 11 is 0.464. The highest BCUT2D eigenvalue weighted by Gasteiger charge is 2.46. The van der Waals surface area contributed by atoms with Crippen LogP contribution in [0.25, 0.3) is 0 Å². The number of aliphatic carboxylic acids is 1. The maximum absolute atomic E-state index is 13.4. The van der Waals surface area contributed by atoms with E-state index in [0.717, 1.165) is 18.2 Å². The molecular formula is C25H25F6NO4S. The highest BCUT2D eigenvalue weighted by atomic mass is 32.2. The third-order valence-electron chi connectivity index (χ3n) is 6.37. The van der Waals surface area contributed by atoms with Crippen molar-refractivity contribution in [3.8, 4) is 0 Å². The van der Waals surface area contributed by atoms with Crippen LogP contribution in [0.15, 0.2) is 58.7 Å². The maximum Gasteiger partial charge on any atom is 0.421 e. The van der Waals surface area contributed by atoms with Gasteiger partial charge in [0.1, 0.15) is 18.4 Å². The Morgan fingerprint density at radius 3 is 2.22 bits per heavy atom. The summed E-state index contributed by atoms with van der Waals surface area (Å²) in [7, 11) is 0. The molecule has 1 heterocycles. The van der Waals surface area contributed by atoms with Crippen LogP contribution in [-0.4, -0.2) is 34.5 Å². The zero-order chi connectivity index (χ0) is 27.8. The first-order valence-corrected chi connectivity index (χ1v) is 12.1. The molecule has 1 aliphatic heterocycles. The molecule has 0 bridgehead atoms. The lowest BCUT2D eigenvalue weighted by Crippen LogP contribution is -2.50. The molecular weight excluding hydrogens is 524 g/mol. The molecule has 0 radical (unpaired) electrons. The smallest absolute Gasteiger partial charge is 0.421 e. The number of carboxylic acids is 1. The molecule has 202 valence electrons. The molecule has 3 rings (SSSR count). The Labute approximate surface area is 213 Å². The summed E-state index contributed by atoms with van der Waals surface area (Å²) in [5.41, 5.74) is -1.55. The molecule has 1 aromatic carbocycles. The van der Waals surface area contributed by atoms with E-state index in [9.17, 15) is 41.0 Å². The standard InChI is InChI=1S/C25H25F6NO4S/c1-4-23(2,3)20(22(34)35)32-21(33)16-10-7-14-11-17(25(29,30)31)37-19(14)18(16)36-12-13-5-8-15(9-6-13)24(26,27)28/h5-11,14,19-20H,4,12H2,1-3H3,(H,32,33)(H,34,35)/t14?,19?,20-/m1/s1. The number of amides is 1. The lowest BCUT2D eigenvalue weighted by Gasteiger charge is -2.32. The Hall–Kier alpha value is -2.89. The van der Waals surface area contributed by atoms with Crippen LogP contribution in [0.1, 0.15) is 38.3 Å². The Kier molecular flexibility index (Phi) is 8.11. The normalized spacial score (nSPS) is 20.8. The van der Waals surface area contributed by atoms with Gasteiger partial charge in [0.25, 0.3) is 5.91 Å². The number of alkyl halides is 6. The van der Waals surface area contributed by atoms with Gasteiger partial charge in [0.15, 0.2) is 0 Å². The number of hydrogen-bond donors (Lipinski definition) is 2. The van der Waals surface area contributed by atoms with Crippen LogP contribution in [0.5, 0.6) is 0 Å². The number of benzene rings is 1. The summed E-state index contributed by atoms with van der Waals surface area (Å²) in [4.78, 5) is 24.2. The molecule has 0 saturated heterocycles. The molecule has 0 aromatic heterocycles. The van der Waals surface area contributed by atoms with Crippen LogP contribution in [-0.2, 0) is 27.1 Å². The maximum atomic E-state index is 13.4. The highest BCUT2D eigenvalue weighted by molar-refractivity contribution is 8.04. The molecule has 0 fully saturated rings.